The van der Waals surface area contributed by atoms with Gasteiger partial charge in [-0.2, -0.15) is 0 Å². The number of hydrogen-bond acceptors (Lipinski definition) is 2. The zero-order chi connectivity index (χ0) is 17.4. The van der Waals surface area contributed by atoms with Crippen molar-refractivity contribution in [3.8, 4) is 0 Å². The molecule has 3 aliphatic rings. The number of hydrogen-bond donors (Lipinski definition) is 1. The third kappa shape index (κ3) is 3.29. The van der Waals surface area contributed by atoms with Gasteiger partial charge in [-0.3, -0.25) is 9.59 Å². The van der Waals surface area contributed by atoms with E-state index in [0.29, 0.717) is 25.6 Å². The first kappa shape index (κ1) is 16.6. The summed E-state index contributed by atoms with van der Waals surface area (Å²) in [5.41, 5.74) is 1.01. The van der Waals surface area contributed by atoms with Crippen LogP contribution in [0, 0.1) is 11.7 Å². The topological polar surface area (TPSA) is 49.4 Å². The van der Waals surface area contributed by atoms with E-state index in [1.807, 2.05) is 17.0 Å². The van der Waals surface area contributed by atoms with Crippen LogP contribution in [0.4, 0.5) is 4.39 Å². The second-order valence-electron chi connectivity index (χ2n) is 7.89. The van der Waals surface area contributed by atoms with Crippen molar-refractivity contribution in [1.29, 1.82) is 0 Å². The lowest BCUT2D eigenvalue weighted by atomic mass is 9.78. The Morgan fingerprint density at radius 1 is 1.20 bits per heavy atom. The van der Waals surface area contributed by atoms with E-state index in [2.05, 4.69) is 5.32 Å². The fraction of sp³-hybridized carbons (Fsp3) is 0.600. The Morgan fingerprint density at radius 2 is 1.88 bits per heavy atom. The molecule has 0 spiro atoms. The average Bonchev–Trinajstić information content (AvgIpc) is 3.20. The number of likely N-dealkylation sites (tertiary alicyclic amines) is 1. The molecule has 0 unspecified atom stereocenters. The predicted molar refractivity (Wildman–Crippen MR) is 92.4 cm³/mol. The van der Waals surface area contributed by atoms with Crippen LogP contribution in [0.2, 0.25) is 0 Å². The van der Waals surface area contributed by atoms with Gasteiger partial charge in [-0.05, 0) is 43.4 Å². The quantitative estimate of drug-likeness (QED) is 0.893. The second kappa shape index (κ2) is 6.43. The number of amides is 2. The van der Waals surface area contributed by atoms with Crippen molar-refractivity contribution >= 4 is 11.8 Å². The lowest BCUT2D eigenvalue weighted by Gasteiger charge is -2.30. The van der Waals surface area contributed by atoms with E-state index in [4.69, 9.17) is 0 Å². The third-order valence-corrected chi connectivity index (χ3v) is 6.14. The highest BCUT2D eigenvalue weighted by molar-refractivity contribution is 5.89. The molecule has 4 nitrogen and oxygen atoms in total. The van der Waals surface area contributed by atoms with Crippen molar-refractivity contribution in [3.63, 3.8) is 0 Å². The van der Waals surface area contributed by atoms with Crippen molar-refractivity contribution < 1.29 is 14.0 Å². The van der Waals surface area contributed by atoms with Crippen LogP contribution in [-0.4, -0.2) is 35.8 Å². The van der Waals surface area contributed by atoms with Crippen LogP contribution in [0.25, 0.3) is 0 Å². The van der Waals surface area contributed by atoms with Gasteiger partial charge in [0.2, 0.25) is 11.8 Å². The lowest BCUT2D eigenvalue weighted by Crippen LogP contribution is -2.42. The van der Waals surface area contributed by atoms with Gasteiger partial charge < -0.3 is 10.2 Å². The Morgan fingerprint density at radius 3 is 2.52 bits per heavy atom. The van der Waals surface area contributed by atoms with Gasteiger partial charge in [0.15, 0.2) is 0 Å². The van der Waals surface area contributed by atoms with Crippen LogP contribution in [0.3, 0.4) is 0 Å². The molecule has 5 heteroatoms. The van der Waals surface area contributed by atoms with Gasteiger partial charge in [0, 0.05) is 31.0 Å². The molecular formula is C20H25FN2O2. The normalized spacial score (nSPS) is 25.4. The number of carbonyl (C=O) groups is 2. The summed E-state index contributed by atoms with van der Waals surface area (Å²) in [6, 6.07) is 7.08. The summed E-state index contributed by atoms with van der Waals surface area (Å²) in [4.78, 5) is 26.6. The first-order valence-corrected chi connectivity index (χ1v) is 9.41. The molecule has 0 radical (unpaired) electrons. The van der Waals surface area contributed by atoms with Crippen molar-refractivity contribution in [2.75, 3.05) is 13.1 Å². The second-order valence-corrected chi connectivity index (χ2v) is 7.89. The van der Waals surface area contributed by atoms with E-state index in [1.54, 1.807) is 0 Å². The molecule has 1 aromatic carbocycles. The number of halogens is 1. The Balaban J connectivity index is 1.41. The van der Waals surface area contributed by atoms with Crippen LogP contribution >= 0.6 is 0 Å². The highest BCUT2D eigenvalue weighted by Crippen LogP contribution is 2.41. The van der Waals surface area contributed by atoms with E-state index in [9.17, 15) is 14.0 Å². The first-order chi connectivity index (χ1) is 12.1. The van der Waals surface area contributed by atoms with Crippen LogP contribution in [0.1, 0.15) is 50.5 Å². The average molecular weight is 344 g/mol. The molecule has 1 aliphatic heterocycles. The smallest absolute Gasteiger partial charge is 0.225 e. The number of rotatable bonds is 5. The highest BCUT2D eigenvalue weighted by Gasteiger charge is 2.42. The van der Waals surface area contributed by atoms with E-state index in [0.717, 1.165) is 44.1 Å². The summed E-state index contributed by atoms with van der Waals surface area (Å²) >= 11 is 0. The maximum absolute atomic E-state index is 13.3. The number of carbonyl (C=O) groups excluding carboxylic acids is 2. The van der Waals surface area contributed by atoms with E-state index < -0.39 is 0 Å². The summed E-state index contributed by atoms with van der Waals surface area (Å²) in [6.07, 6.45) is 6.77. The fourth-order valence-corrected chi connectivity index (χ4v) is 4.47. The van der Waals surface area contributed by atoms with Crippen molar-refractivity contribution in [2.24, 2.45) is 5.92 Å². The first-order valence-electron chi connectivity index (χ1n) is 9.41. The summed E-state index contributed by atoms with van der Waals surface area (Å²) < 4.78 is 13.3. The van der Waals surface area contributed by atoms with Gasteiger partial charge in [-0.15, -0.1) is 0 Å². The van der Waals surface area contributed by atoms with Crippen molar-refractivity contribution in [3.05, 3.63) is 35.6 Å². The molecule has 3 fully saturated rings. The van der Waals surface area contributed by atoms with Gasteiger partial charge >= 0.3 is 0 Å². The Labute approximate surface area is 147 Å². The summed E-state index contributed by atoms with van der Waals surface area (Å²) in [5.74, 6) is -0.341. The number of nitrogens with zero attached hydrogens (tertiary/aromatic N) is 1. The maximum Gasteiger partial charge on any atom is 0.225 e. The zero-order valence-electron chi connectivity index (χ0n) is 14.5. The number of nitrogens with one attached hydrogen (secondary N) is 1. The molecule has 2 amide bonds. The molecule has 0 aromatic heterocycles. The van der Waals surface area contributed by atoms with Crippen LogP contribution in [0.5, 0.6) is 0 Å². The molecule has 1 aromatic rings. The van der Waals surface area contributed by atoms with Crippen molar-refractivity contribution in [1.82, 2.24) is 10.2 Å². The largest absolute Gasteiger partial charge is 0.355 e. The zero-order valence-corrected chi connectivity index (χ0v) is 14.5. The molecule has 2 saturated carbocycles. The molecule has 2 aliphatic carbocycles. The van der Waals surface area contributed by atoms with Crippen molar-refractivity contribution in [2.45, 2.75) is 56.4 Å². The summed E-state index contributed by atoms with van der Waals surface area (Å²) in [7, 11) is 0. The van der Waals surface area contributed by atoms with E-state index >= 15 is 0 Å². The summed E-state index contributed by atoms with van der Waals surface area (Å²) in [5, 5.41) is 3.11. The maximum atomic E-state index is 13.3. The van der Waals surface area contributed by atoms with Gasteiger partial charge in [0.1, 0.15) is 5.82 Å². The Kier molecular flexibility index (Phi) is 4.26. The monoisotopic (exact) mass is 344 g/mol. The SMILES string of the molecule is O=C(NCC1(c2ccc(F)cc2)CCCC1)[C@H]1CC(=O)N(C2CC2)C1. The van der Waals surface area contributed by atoms with E-state index in [-0.39, 0.29) is 29.0 Å². The minimum absolute atomic E-state index is 0.00936. The fourth-order valence-electron chi connectivity index (χ4n) is 4.47. The standard InChI is InChI=1S/C20H25FN2O2/c21-16-5-3-15(4-6-16)20(9-1-2-10-20)13-22-19(25)14-11-18(24)23(12-14)17-7-8-17/h3-6,14,17H,1-2,7-13H2,(H,22,25)/t14-/m0/s1. The van der Waals surface area contributed by atoms with Crippen LogP contribution in [-0.2, 0) is 15.0 Å². The number of benzene rings is 1. The molecule has 1 saturated heterocycles. The van der Waals surface area contributed by atoms with Gasteiger partial charge in [0.05, 0.1) is 5.92 Å². The molecule has 1 heterocycles. The highest BCUT2D eigenvalue weighted by atomic mass is 19.1. The molecule has 1 atom stereocenters. The minimum Gasteiger partial charge on any atom is -0.355 e. The van der Waals surface area contributed by atoms with Crippen LogP contribution in [0.15, 0.2) is 24.3 Å². The van der Waals surface area contributed by atoms with E-state index in [1.165, 1.54) is 12.1 Å². The summed E-state index contributed by atoms with van der Waals surface area (Å²) in [6.45, 7) is 1.14. The van der Waals surface area contributed by atoms with Gasteiger partial charge in [0.25, 0.3) is 0 Å². The Bertz CT molecular complexity index is 663. The predicted octanol–water partition coefficient (Wildman–Crippen LogP) is 2.76. The minimum atomic E-state index is -0.231. The third-order valence-electron chi connectivity index (χ3n) is 6.14. The molecule has 134 valence electrons. The van der Waals surface area contributed by atoms with Crippen LogP contribution < -0.4 is 5.32 Å². The Hall–Kier alpha value is -1.91. The van der Waals surface area contributed by atoms with Gasteiger partial charge in [-0.25, -0.2) is 4.39 Å². The lowest BCUT2D eigenvalue weighted by molar-refractivity contribution is -0.129. The molecule has 1 N–H and O–H groups in total. The van der Waals surface area contributed by atoms with Gasteiger partial charge in [-0.1, -0.05) is 25.0 Å². The molecule has 0 bridgehead atoms. The molecule has 4 rings (SSSR count). The molecular weight excluding hydrogens is 319 g/mol. The molecule has 25 heavy (non-hydrogen) atoms.